The molecule has 0 radical (unpaired) electrons. The summed E-state index contributed by atoms with van der Waals surface area (Å²) in [4.78, 5) is 19.9. The number of carbonyl (C=O) groups excluding carboxylic acids is 1. The highest BCUT2D eigenvalue weighted by atomic mass is 16.1. The number of hydrogen-bond donors (Lipinski definition) is 3. The number of primary amides is 1. The summed E-state index contributed by atoms with van der Waals surface area (Å²) in [5.74, 6) is 2.61. The van der Waals surface area contributed by atoms with Gasteiger partial charge in [0.15, 0.2) is 0 Å². The Morgan fingerprint density at radius 1 is 1.19 bits per heavy atom. The van der Waals surface area contributed by atoms with E-state index in [0.29, 0.717) is 6.42 Å². The van der Waals surface area contributed by atoms with Crippen LogP contribution in [0.15, 0.2) is 0 Å². The van der Waals surface area contributed by atoms with Crippen LogP contribution in [0.4, 0.5) is 11.6 Å². The van der Waals surface area contributed by atoms with E-state index in [9.17, 15) is 4.79 Å². The van der Waals surface area contributed by atoms with E-state index < -0.39 is 0 Å². The summed E-state index contributed by atoms with van der Waals surface area (Å²) >= 11 is 0. The molecule has 21 heavy (non-hydrogen) atoms. The zero-order valence-electron chi connectivity index (χ0n) is 13.5. The number of anilines is 2. The molecule has 118 valence electrons. The van der Waals surface area contributed by atoms with E-state index in [0.717, 1.165) is 49.0 Å². The summed E-state index contributed by atoms with van der Waals surface area (Å²) in [6, 6.07) is 0. The third-order valence-corrected chi connectivity index (χ3v) is 3.17. The first-order valence-electron chi connectivity index (χ1n) is 7.60. The molecule has 0 aliphatic carbocycles. The number of nitrogens with zero attached hydrogens (tertiary/aromatic N) is 2. The van der Waals surface area contributed by atoms with E-state index >= 15 is 0 Å². The van der Waals surface area contributed by atoms with Crippen molar-refractivity contribution in [1.82, 2.24) is 9.97 Å². The SMILES string of the molecule is CCNc1nc(C(C)C)nc(NCCCCC(N)=O)c1C. The van der Waals surface area contributed by atoms with Gasteiger partial charge >= 0.3 is 0 Å². The Morgan fingerprint density at radius 3 is 2.33 bits per heavy atom. The van der Waals surface area contributed by atoms with E-state index in [1.54, 1.807) is 0 Å². The summed E-state index contributed by atoms with van der Waals surface area (Å²) in [7, 11) is 0. The summed E-state index contributed by atoms with van der Waals surface area (Å²) < 4.78 is 0. The molecule has 4 N–H and O–H groups in total. The highest BCUT2D eigenvalue weighted by Crippen LogP contribution is 2.23. The average Bonchev–Trinajstić information content (AvgIpc) is 2.41. The molecule has 0 aliphatic heterocycles. The second-order valence-electron chi connectivity index (χ2n) is 5.44. The second-order valence-corrected chi connectivity index (χ2v) is 5.44. The van der Waals surface area contributed by atoms with Crippen LogP contribution in [0.2, 0.25) is 0 Å². The van der Waals surface area contributed by atoms with Gasteiger partial charge in [-0.3, -0.25) is 4.79 Å². The Labute approximate surface area is 126 Å². The van der Waals surface area contributed by atoms with Crippen LogP contribution in [0.3, 0.4) is 0 Å². The Bertz CT molecular complexity index is 473. The quantitative estimate of drug-likeness (QED) is 0.608. The lowest BCUT2D eigenvalue weighted by molar-refractivity contribution is -0.118. The fourth-order valence-electron chi connectivity index (χ4n) is 1.93. The Balaban J connectivity index is 2.72. The standard InChI is InChI=1S/C15H27N5O/c1-5-17-14-11(4)15(20-13(19-14)10(2)3)18-9-7-6-8-12(16)21/h10H,5-9H2,1-4H3,(H2,16,21)(H2,17,18,19,20). The van der Waals surface area contributed by atoms with Crippen molar-refractivity contribution in [3.8, 4) is 0 Å². The predicted molar refractivity (Wildman–Crippen MR) is 86.6 cm³/mol. The molecule has 0 fully saturated rings. The van der Waals surface area contributed by atoms with Gasteiger partial charge in [0.1, 0.15) is 17.5 Å². The second kappa shape index (κ2) is 8.44. The average molecular weight is 293 g/mol. The van der Waals surface area contributed by atoms with E-state index in [1.807, 2.05) is 13.8 Å². The molecule has 6 nitrogen and oxygen atoms in total. The van der Waals surface area contributed by atoms with Crippen molar-refractivity contribution >= 4 is 17.5 Å². The summed E-state index contributed by atoms with van der Waals surface area (Å²) in [5, 5.41) is 6.61. The number of nitrogens with two attached hydrogens (primary N) is 1. The van der Waals surface area contributed by atoms with Crippen molar-refractivity contribution in [2.45, 2.75) is 52.9 Å². The summed E-state index contributed by atoms with van der Waals surface area (Å²) in [5.41, 5.74) is 6.15. The smallest absolute Gasteiger partial charge is 0.217 e. The molecule has 1 aromatic heterocycles. The molecule has 0 unspecified atom stereocenters. The van der Waals surface area contributed by atoms with Crippen LogP contribution in [-0.2, 0) is 4.79 Å². The van der Waals surface area contributed by atoms with Gasteiger partial charge in [-0.2, -0.15) is 0 Å². The Kier molecular flexibility index (Phi) is 6.91. The minimum Gasteiger partial charge on any atom is -0.370 e. The third kappa shape index (κ3) is 5.57. The Morgan fingerprint density at radius 2 is 1.81 bits per heavy atom. The topological polar surface area (TPSA) is 92.9 Å². The lowest BCUT2D eigenvalue weighted by Gasteiger charge is -2.15. The number of hydrogen-bond acceptors (Lipinski definition) is 5. The maximum atomic E-state index is 10.7. The number of unbranched alkanes of at least 4 members (excludes halogenated alkanes) is 1. The first-order chi connectivity index (χ1) is 9.95. The molecule has 0 aliphatic rings. The van der Waals surface area contributed by atoms with Crippen molar-refractivity contribution in [2.24, 2.45) is 5.73 Å². The van der Waals surface area contributed by atoms with E-state index in [4.69, 9.17) is 5.73 Å². The van der Waals surface area contributed by atoms with Gasteiger partial charge in [0.2, 0.25) is 5.91 Å². The van der Waals surface area contributed by atoms with E-state index in [2.05, 4.69) is 34.4 Å². The van der Waals surface area contributed by atoms with Crippen LogP contribution in [-0.4, -0.2) is 29.0 Å². The lowest BCUT2D eigenvalue weighted by atomic mass is 10.2. The van der Waals surface area contributed by atoms with Gasteiger partial charge in [0, 0.05) is 31.0 Å². The molecule has 6 heteroatoms. The maximum absolute atomic E-state index is 10.7. The molecule has 1 aromatic rings. The Hall–Kier alpha value is -1.85. The van der Waals surface area contributed by atoms with Crippen molar-refractivity contribution in [1.29, 1.82) is 0 Å². The van der Waals surface area contributed by atoms with Crippen molar-refractivity contribution in [3.05, 3.63) is 11.4 Å². The van der Waals surface area contributed by atoms with Crippen LogP contribution >= 0.6 is 0 Å². The molecule has 0 aromatic carbocycles. The number of nitrogens with one attached hydrogen (secondary N) is 2. The molecule has 1 heterocycles. The van der Waals surface area contributed by atoms with Gasteiger partial charge in [-0.1, -0.05) is 13.8 Å². The largest absolute Gasteiger partial charge is 0.370 e. The number of amides is 1. The maximum Gasteiger partial charge on any atom is 0.217 e. The highest BCUT2D eigenvalue weighted by Gasteiger charge is 2.12. The molecule has 1 amide bonds. The van der Waals surface area contributed by atoms with Crippen LogP contribution < -0.4 is 16.4 Å². The monoisotopic (exact) mass is 293 g/mol. The zero-order valence-corrected chi connectivity index (χ0v) is 13.5. The van der Waals surface area contributed by atoms with Gasteiger partial charge in [0.25, 0.3) is 0 Å². The molecular weight excluding hydrogens is 266 g/mol. The normalized spacial score (nSPS) is 10.7. The number of carbonyl (C=O) groups is 1. The van der Waals surface area contributed by atoms with Gasteiger partial charge in [-0.25, -0.2) is 9.97 Å². The minimum atomic E-state index is -0.246. The molecule has 0 spiro atoms. The van der Waals surface area contributed by atoms with Crippen molar-refractivity contribution in [3.63, 3.8) is 0 Å². The first-order valence-corrected chi connectivity index (χ1v) is 7.60. The van der Waals surface area contributed by atoms with Crippen LogP contribution in [0.5, 0.6) is 0 Å². The van der Waals surface area contributed by atoms with Crippen LogP contribution in [0.25, 0.3) is 0 Å². The lowest BCUT2D eigenvalue weighted by Crippen LogP contribution is -2.13. The predicted octanol–water partition coefficient (Wildman–Crippen LogP) is 2.41. The van der Waals surface area contributed by atoms with Gasteiger partial charge in [-0.05, 0) is 26.7 Å². The molecule has 0 saturated heterocycles. The van der Waals surface area contributed by atoms with Crippen molar-refractivity contribution < 1.29 is 4.79 Å². The number of aromatic nitrogens is 2. The molecular formula is C15H27N5O. The first kappa shape index (κ1) is 17.2. The number of rotatable bonds is 9. The van der Waals surface area contributed by atoms with E-state index in [-0.39, 0.29) is 11.8 Å². The van der Waals surface area contributed by atoms with Gasteiger partial charge in [-0.15, -0.1) is 0 Å². The fraction of sp³-hybridized carbons (Fsp3) is 0.667. The summed E-state index contributed by atoms with van der Waals surface area (Å²) in [6.45, 7) is 9.82. The van der Waals surface area contributed by atoms with Crippen molar-refractivity contribution in [2.75, 3.05) is 23.7 Å². The zero-order chi connectivity index (χ0) is 15.8. The highest BCUT2D eigenvalue weighted by molar-refractivity contribution is 5.73. The van der Waals surface area contributed by atoms with E-state index in [1.165, 1.54) is 0 Å². The molecule has 0 bridgehead atoms. The van der Waals surface area contributed by atoms with Gasteiger partial charge < -0.3 is 16.4 Å². The third-order valence-electron chi connectivity index (χ3n) is 3.17. The molecule has 0 atom stereocenters. The fourth-order valence-corrected chi connectivity index (χ4v) is 1.93. The van der Waals surface area contributed by atoms with Crippen LogP contribution in [0.1, 0.15) is 57.3 Å². The molecule has 1 rings (SSSR count). The van der Waals surface area contributed by atoms with Gasteiger partial charge in [0.05, 0.1) is 0 Å². The molecule has 0 saturated carbocycles. The van der Waals surface area contributed by atoms with Crippen LogP contribution in [0, 0.1) is 6.92 Å². The summed E-state index contributed by atoms with van der Waals surface area (Å²) in [6.07, 6.45) is 2.12. The minimum absolute atomic E-state index is 0.246.